The van der Waals surface area contributed by atoms with E-state index in [0.717, 1.165) is 0 Å². The van der Waals surface area contributed by atoms with Crippen molar-refractivity contribution < 1.29 is 33.4 Å². The number of rotatable bonds is 1. The van der Waals surface area contributed by atoms with Crippen molar-refractivity contribution >= 4 is 29.7 Å². The van der Waals surface area contributed by atoms with E-state index in [-0.39, 0.29) is 28.0 Å². The number of esters is 4. The third kappa shape index (κ3) is 2.90. The number of benzene rings is 2. The van der Waals surface area contributed by atoms with Gasteiger partial charge >= 0.3 is 23.9 Å². The van der Waals surface area contributed by atoms with E-state index in [2.05, 4.69) is 9.47 Å². The van der Waals surface area contributed by atoms with Crippen molar-refractivity contribution in [1.82, 2.24) is 0 Å². The topological polar surface area (TPSA) is 104 Å². The Labute approximate surface area is 147 Å². The molecule has 0 amide bonds. The highest BCUT2D eigenvalue weighted by Crippen LogP contribution is 2.33. The Morgan fingerprint density at radius 2 is 1.23 bits per heavy atom. The summed E-state index contributed by atoms with van der Waals surface area (Å²) in [6.07, 6.45) is 0. The van der Waals surface area contributed by atoms with Crippen LogP contribution in [0.3, 0.4) is 0 Å². The van der Waals surface area contributed by atoms with Crippen LogP contribution in [0.4, 0.5) is 0 Å². The normalized spacial score (nSPS) is 14.1. The second kappa shape index (κ2) is 6.36. The first kappa shape index (κ1) is 17.2. The Balaban J connectivity index is 0.000000447. The largest absolute Gasteiger partial charge is 0.386 e. The van der Waals surface area contributed by atoms with Gasteiger partial charge in [-0.3, -0.25) is 0 Å². The second-order valence-electron chi connectivity index (χ2n) is 5.75. The molecule has 0 atom stereocenters. The van der Waals surface area contributed by atoms with Gasteiger partial charge in [-0.25, -0.2) is 19.2 Å². The Bertz CT molecular complexity index is 997. The van der Waals surface area contributed by atoms with Gasteiger partial charge in [0.2, 0.25) is 0 Å². The zero-order valence-electron chi connectivity index (χ0n) is 13.8. The molecule has 0 N–H and O–H groups in total. The van der Waals surface area contributed by atoms with Crippen molar-refractivity contribution in [1.29, 1.82) is 0 Å². The van der Waals surface area contributed by atoms with E-state index in [1.807, 2.05) is 0 Å². The van der Waals surface area contributed by atoms with Gasteiger partial charge in [0.15, 0.2) is 0 Å². The monoisotopic (exact) mass is 352 g/mol. The molecular weight excluding hydrogens is 340 g/mol. The van der Waals surface area contributed by atoms with E-state index < -0.39 is 23.9 Å². The highest BCUT2D eigenvalue weighted by molar-refractivity contribution is 6.19. The van der Waals surface area contributed by atoms with E-state index in [4.69, 9.17) is 0 Å². The maximum atomic E-state index is 11.8. The summed E-state index contributed by atoms with van der Waals surface area (Å²) in [5.74, 6) is -2.68. The van der Waals surface area contributed by atoms with Gasteiger partial charge in [0, 0.05) is 0 Å². The molecule has 7 nitrogen and oxygen atoms in total. The van der Waals surface area contributed by atoms with E-state index in [0.29, 0.717) is 11.1 Å². The Kier molecular flexibility index (Phi) is 4.21. The van der Waals surface area contributed by atoms with E-state index >= 15 is 0 Å². The zero-order chi connectivity index (χ0) is 19.0. The van der Waals surface area contributed by atoms with Crippen LogP contribution in [0.5, 0.6) is 0 Å². The van der Waals surface area contributed by atoms with Crippen LogP contribution in [0.15, 0.2) is 36.4 Å². The summed E-state index contributed by atoms with van der Waals surface area (Å²) in [7, 11) is 0. The zero-order valence-corrected chi connectivity index (χ0v) is 13.8. The molecule has 0 aliphatic carbocycles. The van der Waals surface area contributed by atoms with E-state index in [9.17, 15) is 24.0 Å². The molecule has 0 saturated heterocycles. The minimum Gasteiger partial charge on any atom is -0.386 e. The first-order valence-corrected chi connectivity index (χ1v) is 7.57. The predicted octanol–water partition coefficient (Wildman–Crippen LogP) is 2.57. The van der Waals surface area contributed by atoms with Gasteiger partial charge in [-0.05, 0) is 43.2 Å². The number of hydrogen-bond acceptors (Lipinski definition) is 7. The minimum atomic E-state index is -0.729. The lowest BCUT2D eigenvalue weighted by Gasteiger charge is -2.06. The standard InChI is InChI=1S/C16H6O6.C3H6O/c17-13-9-5-4-7(6-11(9)15(19)21-13)8-2-1-3-10-12(8)16(20)22-14(10)18;1-3(2)4/h1-6H;1-2H3. The SMILES string of the molecule is CC(C)=O.O=C1OC(=O)c2cc(-c3cccc4c3C(=O)OC4=O)ccc21. The fourth-order valence-corrected chi connectivity index (χ4v) is 2.63. The first-order chi connectivity index (χ1) is 12.3. The Morgan fingerprint density at radius 1 is 0.692 bits per heavy atom. The summed E-state index contributed by atoms with van der Waals surface area (Å²) < 4.78 is 9.13. The van der Waals surface area contributed by atoms with Crippen LogP contribution >= 0.6 is 0 Å². The summed E-state index contributed by atoms with van der Waals surface area (Å²) in [5, 5.41) is 0. The van der Waals surface area contributed by atoms with Gasteiger partial charge in [0.25, 0.3) is 0 Å². The summed E-state index contributed by atoms with van der Waals surface area (Å²) in [6.45, 7) is 3.06. The van der Waals surface area contributed by atoms with Gasteiger partial charge in [0.1, 0.15) is 5.78 Å². The van der Waals surface area contributed by atoms with Crippen molar-refractivity contribution in [3.05, 3.63) is 58.7 Å². The summed E-state index contributed by atoms with van der Waals surface area (Å²) in [5.41, 5.74) is 1.64. The Hall–Kier alpha value is -3.61. The minimum absolute atomic E-state index is 0.137. The molecular formula is C19H12O7. The summed E-state index contributed by atoms with van der Waals surface area (Å²) in [6, 6.07) is 9.27. The van der Waals surface area contributed by atoms with Crippen molar-refractivity contribution in [2.24, 2.45) is 0 Å². The number of hydrogen-bond donors (Lipinski definition) is 0. The lowest BCUT2D eigenvalue weighted by atomic mass is 9.94. The molecule has 0 saturated carbocycles. The van der Waals surface area contributed by atoms with E-state index in [1.54, 1.807) is 18.2 Å². The second-order valence-corrected chi connectivity index (χ2v) is 5.75. The van der Waals surface area contributed by atoms with Crippen LogP contribution in [0.2, 0.25) is 0 Å². The molecule has 2 heterocycles. The van der Waals surface area contributed by atoms with Crippen LogP contribution in [0, 0.1) is 0 Å². The van der Waals surface area contributed by atoms with Crippen molar-refractivity contribution in [3.8, 4) is 11.1 Å². The summed E-state index contributed by atoms with van der Waals surface area (Å²) in [4.78, 5) is 55.9. The first-order valence-electron chi connectivity index (χ1n) is 7.57. The number of ether oxygens (including phenoxy) is 2. The van der Waals surface area contributed by atoms with E-state index in [1.165, 1.54) is 32.0 Å². The van der Waals surface area contributed by atoms with Gasteiger partial charge in [-0.2, -0.15) is 0 Å². The molecule has 4 rings (SSSR count). The number of cyclic esters (lactones) is 4. The lowest BCUT2D eigenvalue weighted by molar-refractivity contribution is -0.115. The van der Waals surface area contributed by atoms with Crippen LogP contribution in [-0.2, 0) is 14.3 Å². The molecule has 0 radical (unpaired) electrons. The van der Waals surface area contributed by atoms with Crippen molar-refractivity contribution in [3.63, 3.8) is 0 Å². The molecule has 0 spiro atoms. The molecule has 2 aromatic carbocycles. The Morgan fingerprint density at radius 3 is 1.92 bits per heavy atom. The molecule has 26 heavy (non-hydrogen) atoms. The van der Waals surface area contributed by atoms with Gasteiger partial charge in [-0.15, -0.1) is 0 Å². The smallest absolute Gasteiger partial charge is 0.347 e. The number of ketones is 1. The highest BCUT2D eigenvalue weighted by atomic mass is 16.6. The fourth-order valence-electron chi connectivity index (χ4n) is 2.63. The number of fused-ring (bicyclic) bond motifs is 2. The molecule has 2 aromatic rings. The quantitative estimate of drug-likeness (QED) is 0.574. The lowest BCUT2D eigenvalue weighted by Crippen LogP contribution is -1.99. The molecule has 0 unspecified atom stereocenters. The molecule has 130 valence electrons. The number of carbonyl (C=O) groups excluding carboxylic acids is 5. The van der Waals surface area contributed by atoms with Crippen LogP contribution in [-0.4, -0.2) is 29.7 Å². The molecule has 0 aromatic heterocycles. The average molecular weight is 352 g/mol. The number of Topliss-reactive ketones (excluding diaryl/α,β-unsaturated/α-hetero) is 1. The number of carbonyl (C=O) groups is 5. The predicted molar refractivity (Wildman–Crippen MR) is 87.7 cm³/mol. The third-order valence-corrected chi connectivity index (χ3v) is 3.63. The van der Waals surface area contributed by atoms with Gasteiger partial charge in [-0.1, -0.05) is 18.2 Å². The maximum Gasteiger partial charge on any atom is 0.347 e. The average Bonchev–Trinajstić information content (AvgIpc) is 3.03. The van der Waals surface area contributed by atoms with Gasteiger partial charge < -0.3 is 14.3 Å². The van der Waals surface area contributed by atoms with Crippen LogP contribution in [0.1, 0.15) is 55.3 Å². The molecule has 2 aliphatic rings. The maximum absolute atomic E-state index is 11.8. The highest BCUT2D eigenvalue weighted by Gasteiger charge is 2.34. The molecule has 7 heteroatoms. The molecule has 0 bridgehead atoms. The van der Waals surface area contributed by atoms with Crippen molar-refractivity contribution in [2.45, 2.75) is 13.8 Å². The third-order valence-electron chi connectivity index (χ3n) is 3.63. The van der Waals surface area contributed by atoms with Crippen molar-refractivity contribution in [2.75, 3.05) is 0 Å². The van der Waals surface area contributed by atoms with Crippen LogP contribution < -0.4 is 0 Å². The van der Waals surface area contributed by atoms with Crippen LogP contribution in [0.25, 0.3) is 11.1 Å². The fraction of sp³-hybridized carbons (Fsp3) is 0.105. The molecule has 2 aliphatic heterocycles. The summed E-state index contributed by atoms with van der Waals surface area (Å²) >= 11 is 0. The molecule has 0 fully saturated rings. The van der Waals surface area contributed by atoms with Gasteiger partial charge in [0.05, 0.1) is 22.3 Å².